The summed E-state index contributed by atoms with van der Waals surface area (Å²) in [6.07, 6.45) is 0. The molecule has 0 aliphatic heterocycles. The second-order valence-electron chi connectivity index (χ2n) is 5.34. The molecule has 0 bridgehead atoms. The highest BCUT2D eigenvalue weighted by molar-refractivity contribution is 6.31. The van der Waals surface area contributed by atoms with E-state index in [0.29, 0.717) is 16.4 Å². The number of rotatable bonds is 3. The Morgan fingerprint density at radius 3 is 2.57 bits per heavy atom. The topological polar surface area (TPSA) is 39.9 Å². The third kappa shape index (κ3) is 2.74. The Morgan fingerprint density at radius 1 is 1.17 bits per heavy atom. The van der Waals surface area contributed by atoms with Gasteiger partial charge in [0.15, 0.2) is 0 Å². The molecule has 3 rings (SSSR count). The lowest BCUT2D eigenvalue weighted by atomic mass is 9.96. The number of hydrogen-bond donors (Lipinski definition) is 0. The van der Waals surface area contributed by atoms with Gasteiger partial charge in [-0.15, -0.1) is 0 Å². The van der Waals surface area contributed by atoms with Crippen LogP contribution in [0.15, 0.2) is 48.5 Å². The number of benzene rings is 2. The lowest BCUT2D eigenvalue weighted by Crippen LogP contribution is -2.19. The third-order valence-corrected chi connectivity index (χ3v) is 4.17. The predicted octanol–water partition coefficient (Wildman–Crippen LogP) is 4.88. The minimum Gasteiger partial charge on any atom is -0.359 e. The van der Waals surface area contributed by atoms with Gasteiger partial charge >= 0.3 is 0 Å². The van der Waals surface area contributed by atoms with E-state index in [4.69, 9.17) is 11.6 Å². The number of aromatic nitrogens is 1. The van der Waals surface area contributed by atoms with Crippen LogP contribution in [0.4, 0.5) is 5.82 Å². The molecule has 0 fully saturated rings. The highest BCUT2D eigenvalue weighted by Crippen LogP contribution is 2.36. The molecule has 0 atom stereocenters. The summed E-state index contributed by atoms with van der Waals surface area (Å²) < 4.78 is 0. The van der Waals surface area contributed by atoms with Crippen LogP contribution in [0.3, 0.4) is 0 Å². The molecule has 0 saturated carbocycles. The first-order chi connectivity index (χ1) is 11.2. The van der Waals surface area contributed by atoms with Gasteiger partial charge in [0, 0.05) is 29.6 Å². The molecule has 114 valence electrons. The number of fused-ring (bicyclic) bond motifs is 1. The van der Waals surface area contributed by atoms with Crippen LogP contribution < -0.4 is 4.90 Å². The monoisotopic (exact) mass is 321 g/mol. The van der Waals surface area contributed by atoms with Crippen LogP contribution in [-0.2, 0) is 0 Å². The van der Waals surface area contributed by atoms with Crippen molar-refractivity contribution in [3.63, 3.8) is 0 Å². The van der Waals surface area contributed by atoms with Crippen molar-refractivity contribution in [2.75, 3.05) is 18.5 Å². The van der Waals surface area contributed by atoms with E-state index in [9.17, 15) is 5.26 Å². The Labute approximate surface area is 140 Å². The summed E-state index contributed by atoms with van der Waals surface area (Å²) in [6.45, 7) is 2.81. The molecule has 3 aromatic rings. The van der Waals surface area contributed by atoms with Gasteiger partial charge < -0.3 is 4.90 Å². The maximum atomic E-state index is 9.78. The van der Waals surface area contributed by atoms with Gasteiger partial charge in [0.2, 0.25) is 0 Å². The fraction of sp³-hybridized carbons (Fsp3) is 0.158. The molecule has 0 amide bonds. The lowest BCUT2D eigenvalue weighted by molar-refractivity contribution is 0.941. The molecule has 3 nitrogen and oxygen atoms in total. The van der Waals surface area contributed by atoms with Crippen LogP contribution in [0.5, 0.6) is 0 Å². The first-order valence-electron chi connectivity index (χ1n) is 7.45. The Hall–Kier alpha value is -2.57. The molecule has 4 heteroatoms. The van der Waals surface area contributed by atoms with E-state index in [-0.39, 0.29) is 0 Å². The zero-order chi connectivity index (χ0) is 16.4. The molecule has 1 aromatic heterocycles. The van der Waals surface area contributed by atoms with E-state index in [1.807, 2.05) is 67.4 Å². The van der Waals surface area contributed by atoms with E-state index in [1.54, 1.807) is 0 Å². The molecule has 2 aromatic carbocycles. The standard InChI is InChI=1S/C19H16ClN3/c1-3-23(2)19-16(12-21)18(13-7-5-4-6-8-13)15-11-14(20)9-10-17(15)22-19/h4-11H,3H2,1-2H3. The van der Waals surface area contributed by atoms with Crippen molar-refractivity contribution in [2.24, 2.45) is 0 Å². The quantitative estimate of drug-likeness (QED) is 0.690. The van der Waals surface area contributed by atoms with Crippen molar-refractivity contribution in [1.82, 2.24) is 4.98 Å². The Morgan fingerprint density at radius 2 is 1.91 bits per heavy atom. The van der Waals surface area contributed by atoms with E-state index in [1.165, 1.54) is 0 Å². The average Bonchev–Trinajstić information content (AvgIpc) is 2.60. The first kappa shape index (κ1) is 15.3. The highest BCUT2D eigenvalue weighted by atomic mass is 35.5. The zero-order valence-corrected chi connectivity index (χ0v) is 13.8. The molecule has 0 unspecified atom stereocenters. The number of nitrogens with zero attached hydrogens (tertiary/aromatic N) is 3. The Balaban J connectivity index is 2.46. The predicted molar refractivity (Wildman–Crippen MR) is 95.8 cm³/mol. The van der Waals surface area contributed by atoms with Crippen molar-refractivity contribution >= 4 is 28.3 Å². The van der Waals surface area contributed by atoms with Gasteiger partial charge in [-0.05, 0) is 30.7 Å². The fourth-order valence-electron chi connectivity index (χ4n) is 2.66. The van der Waals surface area contributed by atoms with Crippen molar-refractivity contribution in [2.45, 2.75) is 6.92 Å². The van der Waals surface area contributed by atoms with Gasteiger partial charge in [-0.2, -0.15) is 5.26 Å². The van der Waals surface area contributed by atoms with Crippen LogP contribution in [-0.4, -0.2) is 18.6 Å². The molecule has 0 saturated heterocycles. The van der Waals surface area contributed by atoms with Gasteiger partial charge in [-0.3, -0.25) is 0 Å². The lowest BCUT2D eigenvalue weighted by Gasteiger charge is -2.20. The van der Waals surface area contributed by atoms with Crippen LogP contribution >= 0.6 is 11.6 Å². The van der Waals surface area contributed by atoms with Crippen LogP contribution in [0.25, 0.3) is 22.0 Å². The normalized spacial score (nSPS) is 10.5. The maximum Gasteiger partial charge on any atom is 0.147 e. The number of pyridine rings is 1. The van der Waals surface area contributed by atoms with Crippen molar-refractivity contribution in [1.29, 1.82) is 5.26 Å². The van der Waals surface area contributed by atoms with Crippen LogP contribution in [0, 0.1) is 11.3 Å². The van der Waals surface area contributed by atoms with Gasteiger partial charge in [-0.25, -0.2) is 4.98 Å². The van der Waals surface area contributed by atoms with E-state index < -0.39 is 0 Å². The van der Waals surface area contributed by atoms with E-state index >= 15 is 0 Å². The van der Waals surface area contributed by atoms with Gasteiger partial charge in [0.25, 0.3) is 0 Å². The minimum atomic E-state index is 0.579. The summed E-state index contributed by atoms with van der Waals surface area (Å²) in [5, 5.41) is 11.3. The maximum absolute atomic E-state index is 9.78. The summed E-state index contributed by atoms with van der Waals surface area (Å²) in [5.74, 6) is 0.698. The van der Waals surface area contributed by atoms with Gasteiger partial charge in [0.1, 0.15) is 17.5 Å². The largest absolute Gasteiger partial charge is 0.359 e. The summed E-state index contributed by atoms with van der Waals surface area (Å²) in [4.78, 5) is 6.67. The Bertz CT molecular complexity index is 898. The fourth-order valence-corrected chi connectivity index (χ4v) is 2.83. The number of nitriles is 1. The van der Waals surface area contributed by atoms with Crippen molar-refractivity contribution in [3.05, 3.63) is 59.1 Å². The van der Waals surface area contributed by atoms with E-state index in [0.717, 1.165) is 28.6 Å². The third-order valence-electron chi connectivity index (χ3n) is 3.94. The summed E-state index contributed by atoms with van der Waals surface area (Å²) in [5.41, 5.74) is 3.29. The molecular formula is C19H16ClN3. The molecule has 0 aliphatic rings. The van der Waals surface area contributed by atoms with Gasteiger partial charge in [0.05, 0.1) is 5.52 Å². The number of anilines is 1. The smallest absolute Gasteiger partial charge is 0.147 e. The minimum absolute atomic E-state index is 0.579. The number of halogens is 1. The number of hydrogen-bond acceptors (Lipinski definition) is 3. The molecule has 23 heavy (non-hydrogen) atoms. The molecule has 0 aliphatic carbocycles. The zero-order valence-electron chi connectivity index (χ0n) is 13.0. The van der Waals surface area contributed by atoms with Gasteiger partial charge in [-0.1, -0.05) is 41.9 Å². The summed E-state index contributed by atoms with van der Waals surface area (Å²) >= 11 is 6.18. The van der Waals surface area contributed by atoms with Crippen LogP contribution in [0.1, 0.15) is 12.5 Å². The molecule has 0 N–H and O–H groups in total. The van der Waals surface area contributed by atoms with Crippen molar-refractivity contribution < 1.29 is 0 Å². The van der Waals surface area contributed by atoms with E-state index in [2.05, 4.69) is 11.1 Å². The molecule has 0 spiro atoms. The van der Waals surface area contributed by atoms with Crippen molar-refractivity contribution in [3.8, 4) is 17.2 Å². The molecule has 0 radical (unpaired) electrons. The second kappa shape index (κ2) is 6.28. The second-order valence-corrected chi connectivity index (χ2v) is 5.78. The molecule has 1 heterocycles. The Kier molecular flexibility index (Phi) is 4.18. The summed E-state index contributed by atoms with van der Waals surface area (Å²) in [7, 11) is 1.94. The highest BCUT2D eigenvalue weighted by Gasteiger charge is 2.18. The van der Waals surface area contributed by atoms with Crippen LogP contribution in [0.2, 0.25) is 5.02 Å². The molecular weight excluding hydrogens is 306 g/mol. The summed E-state index contributed by atoms with van der Waals surface area (Å²) in [6, 6.07) is 17.9. The SMILES string of the molecule is CCN(C)c1nc2ccc(Cl)cc2c(-c2ccccc2)c1C#N. The average molecular weight is 322 g/mol. The first-order valence-corrected chi connectivity index (χ1v) is 7.83.